The van der Waals surface area contributed by atoms with Crippen molar-refractivity contribution < 1.29 is 0 Å². The normalized spacial score (nSPS) is 16.6. The second kappa shape index (κ2) is 5.88. The SMILES string of the molecule is [C-]#[N+]CCN1CCN(c2ccc(C)c(C)c2)CC1. The Kier molecular flexibility index (Phi) is 4.22. The van der Waals surface area contributed by atoms with Gasteiger partial charge in [0.25, 0.3) is 0 Å². The molecule has 3 heteroatoms. The van der Waals surface area contributed by atoms with Crippen molar-refractivity contribution in [2.75, 3.05) is 44.2 Å². The summed E-state index contributed by atoms with van der Waals surface area (Å²) >= 11 is 0. The molecule has 1 aliphatic rings. The van der Waals surface area contributed by atoms with Crippen LogP contribution in [0, 0.1) is 20.4 Å². The summed E-state index contributed by atoms with van der Waals surface area (Å²) in [5.41, 5.74) is 4.06. The zero-order valence-corrected chi connectivity index (χ0v) is 11.3. The molecule has 0 amide bonds. The molecule has 0 atom stereocenters. The zero-order chi connectivity index (χ0) is 13.0. The quantitative estimate of drug-likeness (QED) is 0.755. The lowest BCUT2D eigenvalue weighted by molar-refractivity contribution is 0.269. The third-order valence-electron chi connectivity index (χ3n) is 3.76. The fraction of sp³-hybridized carbons (Fsp3) is 0.533. The molecular weight excluding hydrogens is 222 g/mol. The average Bonchev–Trinajstić information content (AvgIpc) is 2.40. The fourth-order valence-electron chi connectivity index (χ4n) is 2.34. The molecule has 2 rings (SSSR count). The molecule has 0 aromatic heterocycles. The number of hydrogen-bond donors (Lipinski definition) is 0. The van der Waals surface area contributed by atoms with Crippen molar-refractivity contribution in [3.8, 4) is 0 Å². The molecule has 0 N–H and O–H groups in total. The van der Waals surface area contributed by atoms with Gasteiger partial charge < -0.3 is 9.74 Å². The van der Waals surface area contributed by atoms with Crippen molar-refractivity contribution >= 4 is 5.69 Å². The van der Waals surface area contributed by atoms with Crippen molar-refractivity contribution in [1.82, 2.24) is 4.90 Å². The maximum atomic E-state index is 6.83. The minimum atomic E-state index is 0.629. The van der Waals surface area contributed by atoms with E-state index in [1.807, 2.05) is 0 Å². The van der Waals surface area contributed by atoms with Gasteiger partial charge in [-0.3, -0.25) is 4.90 Å². The third-order valence-corrected chi connectivity index (χ3v) is 3.76. The van der Waals surface area contributed by atoms with E-state index in [0.29, 0.717) is 6.54 Å². The summed E-state index contributed by atoms with van der Waals surface area (Å²) in [6, 6.07) is 6.71. The molecule has 1 aliphatic heterocycles. The van der Waals surface area contributed by atoms with Crippen LogP contribution < -0.4 is 4.90 Å². The second-order valence-corrected chi connectivity index (χ2v) is 4.98. The van der Waals surface area contributed by atoms with Crippen LogP contribution in [0.4, 0.5) is 5.69 Å². The van der Waals surface area contributed by atoms with E-state index in [4.69, 9.17) is 6.57 Å². The van der Waals surface area contributed by atoms with Gasteiger partial charge in [0.2, 0.25) is 6.54 Å². The minimum absolute atomic E-state index is 0.629. The van der Waals surface area contributed by atoms with Gasteiger partial charge in [-0.05, 0) is 37.1 Å². The number of piperazine rings is 1. The van der Waals surface area contributed by atoms with Crippen molar-refractivity contribution in [1.29, 1.82) is 0 Å². The molecule has 1 saturated heterocycles. The molecule has 1 aromatic rings. The van der Waals surface area contributed by atoms with Crippen LogP contribution in [0.2, 0.25) is 0 Å². The maximum absolute atomic E-state index is 6.83. The van der Waals surface area contributed by atoms with E-state index in [9.17, 15) is 0 Å². The monoisotopic (exact) mass is 243 g/mol. The summed E-state index contributed by atoms with van der Waals surface area (Å²) in [5, 5.41) is 0. The van der Waals surface area contributed by atoms with Crippen LogP contribution in [0.1, 0.15) is 11.1 Å². The van der Waals surface area contributed by atoms with E-state index in [1.54, 1.807) is 0 Å². The molecule has 1 heterocycles. The molecule has 0 unspecified atom stereocenters. The van der Waals surface area contributed by atoms with Gasteiger partial charge in [0.1, 0.15) is 0 Å². The van der Waals surface area contributed by atoms with Crippen LogP contribution in [0.5, 0.6) is 0 Å². The molecule has 3 nitrogen and oxygen atoms in total. The predicted octanol–water partition coefficient (Wildman–Crippen LogP) is 2.34. The first kappa shape index (κ1) is 12.9. The van der Waals surface area contributed by atoms with Gasteiger partial charge in [-0.25, -0.2) is 6.57 Å². The van der Waals surface area contributed by atoms with Crippen LogP contribution in [0.25, 0.3) is 4.85 Å². The lowest BCUT2D eigenvalue weighted by atomic mass is 10.1. The average molecular weight is 243 g/mol. The summed E-state index contributed by atoms with van der Waals surface area (Å²) in [6.07, 6.45) is 0. The van der Waals surface area contributed by atoms with E-state index >= 15 is 0 Å². The van der Waals surface area contributed by atoms with Gasteiger partial charge in [0.05, 0.1) is 6.54 Å². The summed E-state index contributed by atoms with van der Waals surface area (Å²) in [6.45, 7) is 17.0. The highest BCUT2D eigenvalue weighted by Gasteiger charge is 2.17. The largest absolute Gasteiger partial charge is 0.369 e. The third kappa shape index (κ3) is 3.02. The molecule has 96 valence electrons. The van der Waals surface area contributed by atoms with Crippen molar-refractivity contribution in [3.05, 3.63) is 40.7 Å². The predicted molar refractivity (Wildman–Crippen MR) is 76.0 cm³/mol. The number of nitrogens with zero attached hydrogens (tertiary/aromatic N) is 3. The standard InChI is InChI=1S/C15H21N3/c1-13-4-5-15(12-14(13)2)18-10-8-17(9-11-18)7-6-16-3/h4-5,12H,6-11H2,1-2H3. The zero-order valence-electron chi connectivity index (χ0n) is 11.3. The van der Waals surface area contributed by atoms with Gasteiger partial charge in [-0.1, -0.05) is 6.07 Å². The molecule has 0 spiro atoms. The van der Waals surface area contributed by atoms with Crippen LogP contribution in [-0.4, -0.2) is 44.2 Å². The number of aryl methyl sites for hydroxylation is 2. The van der Waals surface area contributed by atoms with Gasteiger partial charge >= 0.3 is 0 Å². The van der Waals surface area contributed by atoms with Crippen molar-refractivity contribution in [2.24, 2.45) is 0 Å². The highest BCUT2D eigenvalue weighted by molar-refractivity contribution is 5.51. The maximum Gasteiger partial charge on any atom is 0.227 e. The van der Waals surface area contributed by atoms with Crippen LogP contribution in [-0.2, 0) is 0 Å². The molecule has 0 saturated carbocycles. The lowest BCUT2D eigenvalue weighted by Crippen LogP contribution is -2.47. The molecule has 0 radical (unpaired) electrons. The molecular formula is C15H21N3. The van der Waals surface area contributed by atoms with E-state index in [-0.39, 0.29) is 0 Å². The Bertz CT molecular complexity index is 440. The summed E-state index contributed by atoms with van der Waals surface area (Å²) in [5.74, 6) is 0. The number of anilines is 1. The topological polar surface area (TPSA) is 10.8 Å². The highest BCUT2D eigenvalue weighted by atomic mass is 15.3. The van der Waals surface area contributed by atoms with Crippen LogP contribution in [0.3, 0.4) is 0 Å². The second-order valence-electron chi connectivity index (χ2n) is 4.98. The first-order valence-electron chi connectivity index (χ1n) is 6.58. The van der Waals surface area contributed by atoms with Gasteiger partial charge in [0, 0.05) is 31.9 Å². The van der Waals surface area contributed by atoms with E-state index in [0.717, 1.165) is 32.7 Å². The molecule has 1 aromatic carbocycles. The Morgan fingerprint density at radius 1 is 1.11 bits per heavy atom. The number of benzene rings is 1. The minimum Gasteiger partial charge on any atom is -0.369 e. The summed E-state index contributed by atoms with van der Waals surface area (Å²) in [7, 11) is 0. The van der Waals surface area contributed by atoms with Gasteiger partial charge in [0.15, 0.2) is 0 Å². The van der Waals surface area contributed by atoms with E-state index in [1.165, 1.54) is 16.8 Å². The molecule has 0 bridgehead atoms. The van der Waals surface area contributed by atoms with Crippen LogP contribution >= 0.6 is 0 Å². The Labute approximate surface area is 110 Å². The first-order chi connectivity index (χ1) is 8.70. The van der Waals surface area contributed by atoms with E-state index < -0.39 is 0 Å². The lowest BCUT2D eigenvalue weighted by Gasteiger charge is -2.35. The Hall–Kier alpha value is -1.53. The molecule has 1 fully saturated rings. The molecule has 18 heavy (non-hydrogen) atoms. The van der Waals surface area contributed by atoms with Gasteiger partial charge in [-0.15, -0.1) is 0 Å². The van der Waals surface area contributed by atoms with Crippen LogP contribution in [0.15, 0.2) is 18.2 Å². The van der Waals surface area contributed by atoms with Crippen molar-refractivity contribution in [2.45, 2.75) is 13.8 Å². The summed E-state index contributed by atoms with van der Waals surface area (Å²) < 4.78 is 0. The number of rotatable bonds is 3. The first-order valence-corrected chi connectivity index (χ1v) is 6.58. The Balaban J connectivity index is 1.93. The fourth-order valence-corrected chi connectivity index (χ4v) is 2.34. The number of hydrogen-bond acceptors (Lipinski definition) is 2. The molecule has 0 aliphatic carbocycles. The Morgan fingerprint density at radius 2 is 1.83 bits per heavy atom. The van der Waals surface area contributed by atoms with Gasteiger partial charge in [-0.2, -0.15) is 0 Å². The summed E-state index contributed by atoms with van der Waals surface area (Å²) in [4.78, 5) is 8.25. The smallest absolute Gasteiger partial charge is 0.227 e. The van der Waals surface area contributed by atoms with Crippen molar-refractivity contribution in [3.63, 3.8) is 0 Å². The highest BCUT2D eigenvalue weighted by Crippen LogP contribution is 2.20. The van der Waals surface area contributed by atoms with E-state index in [2.05, 4.69) is 46.7 Å². The Morgan fingerprint density at radius 3 is 2.44 bits per heavy atom.